The van der Waals surface area contributed by atoms with Gasteiger partial charge in [-0.15, -0.1) is 0 Å². The third kappa shape index (κ3) is 6.07. The number of rotatable bonds is 8. The molecule has 0 saturated carbocycles. The Morgan fingerprint density at radius 2 is 1.65 bits per heavy atom. The summed E-state index contributed by atoms with van der Waals surface area (Å²) >= 11 is 0. The van der Waals surface area contributed by atoms with Crippen molar-refractivity contribution in [1.29, 1.82) is 0 Å². The Balaban J connectivity index is 1.47. The number of carbonyl (C=O) groups excluding carboxylic acids is 1. The van der Waals surface area contributed by atoms with Gasteiger partial charge < -0.3 is 15.4 Å². The molecule has 5 aromatic rings. The third-order valence-electron chi connectivity index (χ3n) is 6.30. The average Bonchev–Trinajstić information content (AvgIpc) is 2.97. The molecule has 1 aromatic heterocycles. The summed E-state index contributed by atoms with van der Waals surface area (Å²) in [6, 6.07) is 29.1. The summed E-state index contributed by atoms with van der Waals surface area (Å²) in [5.74, 6) is 0.0397. The first kappa shape index (κ1) is 26.4. The van der Waals surface area contributed by atoms with E-state index in [1.54, 1.807) is 36.4 Å². The normalized spacial score (nSPS) is 11.5. The maximum Gasteiger partial charge on any atom is 0.299 e. The number of benzene rings is 4. The summed E-state index contributed by atoms with van der Waals surface area (Å²) in [6.07, 6.45) is 1.42. The molecule has 1 atom stereocenters. The first-order chi connectivity index (χ1) is 19.4. The van der Waals surface area contributed by atoms with Crippen LogP contribution in [-0.4, -0.2) is 15.7 Å². The number of hydrogen-bond donors (Lipinski definition) is 2. The highest BCUT2D eigenvalue weighted by molar-refractivity contribution is 5.95. The van der Waals surface area contributed by atoms with Gasteiger partial charge in [0.25, 0.3) is 11.5 Å². The van der Waals surface area contributed by atoms with E-state index in [9.17, 15) is 14.0 Å². The van der Waals surface area contributed by atoms with Gasteiger partial charge in [0, 0.05) is 11.3 Å². The average molecular weight is 535 g/mol. The molecule has 0 aliphatic carbocycles. The lowest BCUT2D eigenvalue weighted by Crippen LogP contribution is -2.26. The summed E-state index contributed by atoms with van der Waals surface area (Å²) < 4.78 is 20.7. The smallest absolute Gasteiger partial charge is 0.299 e. The Morgan fingerprint density at radius 3 is 2.38 bits per heavy atom. The molecule has 4 aromatic carbocycles. The van der Waals surface area contributed by atoms with Crippen molar-refractivity contribution in [2.24, 2.45) is 0 Å². The third-order valence-corrected chi connectivity index (χ3v) is 6.30. The Morgan fingerprint density at radius 1 is 0.925 bits per heavy atom. The van der Waals surface area contributed by atoms with Crippen molar-refractivity contribution < 1.29 is 13.9 Å². The molecule has 0 aliphatic heterocycles. The molecule has 0 aliphatic rings. The zero-order chi connectivity index (χ0) is 28.1. The van der Waals surface area contributed by atoms with E-state index in [-0.39, 0.29) is 23.4 Å². The van der Waals surface area contributed by atoms with Crippen molar-refractivity contribution in [1.82, 2.24) is 15.1 Å². The highest BCUT2D eigenvalue weighted by Crippen LogP contribution is 2.29. The summed E-state index contributed by atoms with van der Waals surface area (Å²) in [4.78, 5) is 26.7. The number of carbonyl (C=O) groups is 1. The lowest BCUT2D eigenvalue weighted by Gasteiger charge is -2.16. The molecule has 0 bridgehead atoms. The summed E-state index contributed by atoms with van der Waals surface area (Å²) in [5.41, 5.74) is 2.95. The van der Waals surface area contributed by atoms with Crippen molar-refractivity contribution >= 4 is 17.3 Å². The molecule has 0 fully saturated rings. The van der Waals surface area contributed by atoms with Crippen molar-refractivity contribution in [3.05, 3.63) is 142 Å². The predicted molar refractivity (Wildman–Crippen MR) is 153 cm³/mol. The monoisotopic (exact) mass is 534 g/mol. The second kappa shape index (κ2) is 11.7. The first-order valence-corrected chi connectivity index (χ1v) is 12.7. The molecule has 1 heterocycles. The lowest BCUT2D eigenvalue weighted by atomic mass is 10.1. The second-order valence-corrected chi connectivity index (χ2v) is 9.30. The van der Waals surface area contributed by atoms with Crippen LogP contribution in [-0.2, 0) is 0 Å². The molecule has 8 heteroatoms. The number of amides is 1. The maximum absolute atomic E-state index is 13.6. The molecule has 0 radical (unpaired) electrons. The van der Waals surface area contributed by atoms with Crippen LogP contribution in [0.4, 0.5) is 15.8 Å². The molecule has 1 amide bonds. The van der Waals surface area contributed by atoms with Crippen LogP contribution in [0.1, 0.15) is 34.5 Å². The van der Waals surface area contributed by atoms with Crippen LogP contribution in [0.2, 0.25) is 0 Å². The van der Waals surface area contributed by atoms with E-state index in [2.05, 4.69) is 15.7 Å². The van der Waals surface area contributed by atoms with Gasteiger partial charge in [0.1, 0.15) is 11.6 Å². The summed E-state index contributed by atoms with van der Waals surface area (Å²) in [6.45, 7) is 3.88. The number of anilines is 2. The fourth-order valence-electron chi connectivity index (χ4n) is 4.12. The number of nitrogens with zero attached hydrogens (tertiary/aromatic N) is 2. The van der Waals surface area contributed by atoms with Crippen molar-refractivity contribution in [2.45, 2.75) is 19.9 Å². The van der Waals surface area contributed by atoms with Gasteiger partial charge in [0.15, 0.2) is 11.4 Å². The van der Waals surface area contributed by atoms with Gasteiger partial charge in [-0.05, 0) is 74.0 Å². The molecule has 200 valence electrons. The van der Waals surface area contributed by atoms with Crippen LogP contribution in [0.15, 0.2) is 114 Å². The van der Waals surface area contributed by atoms with E-state index < -0.39 is 11.4 Å². The minimum atomic E-state index is -0.510. The Labute approximate surface area is 230 Å². The number of hydrogen-bond acceptors (Lipinski definition) is 5. The largest absolute Gasteiger partial charge is 0.453 e. The van der Waals surface area contributed by atoms with Crippen LogP contribution in [0, 0.1) is 12.7 Å². The highest BCUT2D eigenvalue weighted by atomic mass is 19.1. The fourth-order valence-corrected chi connectivity index (χ4v) is 4.12. The van der Waals surface area contributed by atoms with Gasteiger partial charge in [0.2, 0.25) is 0 Å². The number of nitrogens with one attached hydrogen (secondary N) is 2. The van der Waals surface area contributed by atoms with Gasteiger partial charge in [-0.3, -0.25) is 9.59 Å². The zero-order valence-electron chi connectivity index (χ0n) is 22.0. The van der Waals surface area contributed by atoms with Gasteiger partial charge in [-0.2, -0.15) is 9.78 Å². The van der Waals surface area contributed by atoms with E-state index >= 15 is 0 Å². The topological polar surface area (TPSA) is 85.2 Å². The second-order valence-electron chi connectivity index (χ2n) is 9.30. The van der Waals surface area contributed by atoms with Gasteiger partial charge in [-0.1, -0.05) is 54.1 Å². The quantitative estimate of drug-likeness (QED) is 0.231. The maximum atomic E-state index is 13.6. The zero-order valence-corrected chi connectivity index (χ0v) is 22.0. The molecule has 5 rings (SSSR count). The molecule has 0 spiro atoms. The summed E-state index contributed by atoms with van der Waals surface area (Å²) in [5, 5.41) is 10.4. The Kier molecular flexibility index (Phi) is 7.68. The van der Waals surface area contributed by atoms with Gasteiger partial charge in [-0.25, -0.2) is 4.39 Å². The first-order valence-electron chi connectivity index (χ1n) is 12.7. The Hall–Kier alpha value is -5.24. The molecule has 40 heavy (non-hydrogen) atoms. The minimum Gasteiger partial charge on any atom is -0.453 e. The number of ether oxygens (including phenoxy) is 1. The van der Waals surface area contributed by atoms with Crippen molar-refractivity contribution in [3.63, 3.8) is 0 Å². The van der Waals surface area contributed by atoms with Crippen LogP contribution >= 0.6 is 0 Å². The standard InChI is InChI=1S/C32H27FN4O3/c1-21-11-17-28(18-12-21)40-29-20-34-37(27-15-13-25(33)14-16-27)32(39)30(29)36-26-10-6-9-24(19-26)31(38)35-22(2)23-7-4-3-5-8-23/h3-20,22,36H,1-2H3,(H,35,38). The van der Waals surface area contributed by atoms with E-state index in [0.717, 1.165) is 15.8 Å². The van der Waals surface area contributed by atoms with E-state index in [1.807, 2.05) is 56.3 Å². The SMILES string of the molecule is Cc1ccc(Oc2cnn(-c3ccc(F)cc3)c(=O)c2Nc2cccc(C(=O)NC(C)c3ccccc3)c2)cc1. The molecule has 7 nitrogen and oxygen atoms in total. The van der Waals surface area contributed by atoms with Crippen molar-refractivity contribution in [2.75, 3.05) is 5.32 Å². The minimum absolute atomic E-state index is 0.107. The van der Waals surface area contributed by atoms with E-state index in [0.29, 0.717) is 22.7 Å². The molecular formula is C32H27FN4O3. The number of aryl methyl sites for hydroxylation is 1. The lowest BCUT2D eigenvalue weighted by molar-refractivity contribution is 0.0940. The van der Waals surface area contributed by atoms with E-state index in [1.165, 1.54) is 30.5 Å². The van der Waals surface area contributed by atoms with Crippen LogP contribution in [0.25, 0.3) is 5.69 Å². The fraction of sp³-hybridized carbons (Fsp3) is 0.0938. The Bertz CT molecular complexity index is 1690. The molecule has 2 N–H and O–H groups in total. The molecule has 0 saturated heterocycles. The van der Waals surface area contributed by atoms with E-state index in [4.69, 9.17) is 4.74 Å². The highest BCUT2D eigenvalue weighted by Gasteiger charge is 2.17. The van der Waals surface area contributed by atoms with Crippen LogP contribution in [0.5, 0.6) is 11.5 Å². The molecular weight excluding hydrogens is 507 g/mol. The number of halogens is 1. The number of aromatic nitrogens is 2. The van der Waals surface area contributed by atoms with Crippen LogP contribution < -0.4 is 20.9 Å². The van der Waals surface area contributed by atoms with Gasteiger partial charge >= 0.3 is 0 Å². The predicted octanol–water partition coefficient (Wildman–Crippen LogP) is 6.71. The van der Waals surface area contributed by atoms with Gasteiger partial charge in [0.05, 0.1) is 17.9 Å². The van der Waals surface area contributed by atoms with Crippen molar-refractivity contribution in [3.8, 4) is 17.2 Å². The van der Waals surface area contributed by atoms with Crippen LogP contribution in [0.3, 0.4) is 0 Å². The summed E-state index contributed by atoms with van der Waals surface area (Å²) in [7, 11) is 0. The molecule has 1 unspecified atom stereocenters.